The van der Waals surface area contributed by atoms with E-state index < -0.39 is 0 Å². The van der Waals surface area contributed by atoms with Crippen LogP contribution in [0.3, 0.4) is 0 Å². The summed E-state index contributed by atoms with van der Waals surface area (Å²) in [5, 5.41) is 4.78. The van der Waals surface area contributed by atoms with Crippen molar-refractivity contribution in [2.24, 2.45) is 0 Å². The molecule has 0 saturated heterocycles. The highest BCUT2D eigenvalue weighted by atomic mass is 15.3. The Morgan fingerprint density at radius 1 is 1.33 bits per heavy atom. The van der Waals surface area contributed by atoms with Crippen LogP contribution in [0.1, 0.15) is 70.7 Å². The number of aromatic nitrogens is 2. The molecule has 0 radical (unpaired) electrons. The summed E-state index contributed by atoms with van der Waals surface area (Å²) in [7, 11) is 0. The van der Waals surface area contributed by atoms with Crippen molar-refractivity contribution in [2.75, 3.05) is 0 Å². The first-order valence-corrected chi connectivity index (χ1v) is 6.00. The summed E-state index contributed by atoms with van der Waals surface area (Å²) in [6.07, 6.45) is 2.66. The van der Waals surface area contributed by atoms with Crippen molar-refractivity contribution in [1.82, 2.24) is 9.78 Å². The van der Waals surface area contributed by atoms with Crippen LogP contribution >= 0.6 is 0 Å². The Kier molecular flexibility index (Phi) is 2.40. The van der Waals surface area contributed by atoms with Gasteiger partial charge < -0.3 is 0 Å². The first-order chi connectivity index (χ1) is 6.89. The Hall–Kier alpha value is -0.790. The zero-order valence-electron chi connectivity index (χ0n) is 10.5. The molecule has 2 rings (SSSR count). The van der Waals surface area contributed by atoms with E-state index in [-0.39, 0.29) is 5.54 Å². The minimum Gasteiger partial charge on any atom is -0.264 e. The van der Waals surface area contributed by atoms with E-state index in [2.05, 4.69) is 45.4 Å². The monoisotopic (exact) mass is 206 g/mol. The normalized spacial score (nSPS) is 17.5. The maximum Gasteiger partial charge on any atom is 0.0658 e. The van der Waals surface area contributed by atoms with Gasteiger partial charge in [0.15, 0.2) is 0 Å². The van der Waals surface area contributed by atoms with E-state index in [4.69, 9.17) is 5.10 Å². The molecule has 0 amide bonds. The van der Waals surface area contributed by atoms with Gasteiger partial charge in [-0.3, -0.25) is 4.68 Å². The SMILES string of the molecule is CC(C)c1cc(C2CC2)nn1C(C)(C)C. The lowest BCUT2D eigenvalue weighted by atomic mass is 10.1. The lowest BCUT2D eigenvalue weighted by Crippen LogP contribution is -2.25. The molecule has 0 aromatic carbocycles. The Balaban J connectivity index is 2.41. The standard InChI is InChI=1S/C13H22N2/c1-9(2)12-8-11(10-6-7-10)14-15(12)13(3,4)5/h8-10H,6-7H2,1-5H3. The molecule has 0 atom stereocenters. The van der Waals surface area contributed by atoms with Crippen molar-refractivity contribution in [1.29, 1.82) is 0 Å². The molecular formula is C13H22N2. The lowest BCUT2D eigenvalue weighted by Gasteiger charge is -2.23. The molecule has 1 aromatic rings. The van der Waals surface area contributed by atoms with Crippen LogP contribution in [-0.2, 0) is 5.54 Å². The van der Waals surface area contributed by atoms with Gasteiger partial charge in [-0.15, -0.1) is 0 Å². The zero-order chi connectivity index (χ0) is 11.2. The van der Waals surface area contributed by atoms with E-state index in [0.717, 1.165) is 5.92 Å². The smallest absolute Gasteiger partial charge is 0.0658 e. The third-order valence-electron chi connectivity index (χ3n) is 2.98. The Labute approximate surface area is 92.7 Å². The fourth-order valence-electron chi connectivity index (χ4n) is 1.94. The second-order valence-electron chi connectivity index (χ2n) is 6.01. The van der Waals surface area contributed by atoms with Gasteiger partial charge in [-0.25, -0.2) is 0 Å². The van der Waals surface area contributed by atoms with Gasteiger partial charge in [0.05, 0.1) is 11.2 Å². The van der Waals surface area contributed by atoms with Crippen molar-refractivity contribution in [3.8, 4) is 0 Å². The highest BCUT2D eigenvalue weighted by Gasteiger charge is 2.29. The molecule has 1 aliphatic carbocycles. The van der Waals surface area contributed by atoms with E-state index in [9.17, 15) is 0 Å². The molecule has 0 spiro atoms. The maximum absolute atomic E-state index is 4.78. The Morgan fingerprint density at radius 2 is 1.93 bits per heavy atom. The number of rotatable bonds is 2. The van der Waals surface area contributed by atoms with Gasteiger partial charge >= 0.3 is 0 Å². The summed E-state index contributed by atoms with van der Waals surface area (Å²) in [5.74, 6) is 1.32. The zero-order valence-corrected chi connectivity index (χ0v) is 10.5. The van der Waals surface area contributed by atoms with Gasteiger partial charge in [-0.1, -0.05) is 13.8 Å². The highest BCUT2D eigenvalue weighted by Crippen LogP contribution is 2.40. The fraction of sp³-hybridized carbons (Fsp3) is 0.769. The van der Waals surface area contributed by atoms with E-state index in [1.807, 2.05) is 0 Å². The average Bonchev–Trinajstić information content (AvgIpc) is 2.81. The van der Waals surface area contributed by atoms with Gasteiger partial charge in [-0.2, -0.15) is 5.10 Å². The van der Waals surface area contributed by atoms with Gasteiger partial charge in [-0.05, 0) is 45.6 Å². The Bertz CT molecular complexity index is 351. The molecule has 0 unspecified atom stereocenters. The summed E-state index contributed by atoms with van der Waals surface area (Å²) in [6.45, 7) is 11.2. The largest absolute Gasteiger partial charge is 0.264 e. The molecule has 0 bridgehead atoms. The van der Waals surface area contributed by atoms with Crippen LogP contribution in [0.25, 0.3) is 0 Å². The second-order valence-corrected chi connectivity index (χ2v) is 6.01. The molecular weight excluding hydrogens is 184 g/mol. The van der Waals surface area contributed by atoms with E-state index >= 15 is 0 Å². The van der Waals surface area contributed by atoms with Gasteiger partial charge in [0, 0.05) is 11.6 Å². The third kappa shape index (κ3) is 2.09. The lowest BCUT2D eigenvalue weighted by molar-refractivity contribution is 0.337. The summed E-state index contributed by atoms with van der Waals surface area (Å²) >= 11 is 0. The van der Waals surface area contributed by atoms with Crippen molar-refractivity contribution in [2.45, 2.75) is 64.8 Å². The van der Waals surface area contributed by atoms with Crippen LogP contribution in [0.5, 0.6) is 0 Å². The number of hydrogen-bond acceptors (Lipinski definition) is 1. The quantitative estimate of drug-likeness (QED) is 0.722. The molecule has 0 aliphatic heterocycles. The molecule has 84 valence electrons. The molecule has 0 N–H and O–H groups in total. The first kappa shape index (κ1) is 10.7. The second kappa shape index (κ2) is 3.36. The van der Waals surface area contributed by atoms with Crippen LogP contribution in [-0.4, -0.2) is 9.78 Å². The molecule has 1 saturated carbocycles. The first-order valence-electron chi connectivity index (χ1n) is 6.00. The van der Waals surface area contributed by atoms with Crippen LogP contribution in [0.15, 0.2) is 6.07 Å². The molecule has 15 heavy (non-hydrogen) atoms. The predicted molar refractivity (Wildman–Crippen MR) is 63.3 cm³/mol. The van der Waals surface area contributed by atoms with Crippen LogP contribution in [0, 0.1) is 0 Å². The summed E-state index contributed by atoms with van der Waals surface area (Å²) in [5.41, 5.74) is 2.80. The van der Waals surface area contributed by atoms with Crippen molar-refractivity contribution >= 4 is 0 Å². The van der Waals surface area contributed by atoms with E-state index in [0.29, 0.717) is 5.92 Å². The topological polar surface area (TPSA) is 17.8 Å². The van der Waals surface area contributed by atoms with Gasteiger partial charge in [0.2, 0.25) is 0 Å². The molecule has 1 aliphatic rings. The van der Waals surface area contributed by atoms with Crippen LogP contribution < -0.4 is 0 Å². The van der Waals surface area contributed by atoms with Crippen molar-refractivity contribution < 1.29 is 0 Å². The highest BCUT2D eigenvalue weighted by molar-refractivity contribution is 5.21. The number of nitrogens with zero attached hydrogens (tertiary/aromatic N) is 2. The molecule has 2 nitrogen and oxygen atoms in total. The maximum atomic E-state index is 4.78. The number of hydrogen-bond donors (Lipinski definition) is 0. The third-order valence-corrected chi connectivity index (χ3v) is 2.98. The molecule has 1 aromatic heterocycles. The van der Waals surface area contributed by atoms with E-state index in [1.165, 1.54) is 24.2 Å². The van der Waals surface area contributed by atoms with Crippen molar-refractivity contribution in [3.05, 3.63) is 17.5 Å². The van der Waals surface area contributed by atoms with Gasteiger partial charge in [0.1, 0.15) is 0 Å². The fourth-order valence-corrected chi connectivity index (χ4v) is 1.94. The summed E-state index contributed by atoms with van der Waals surface area (Å²) < 4.78 is 2.21. The van der Waals surface area contributed by atoms with Crippen LogP contribution in [0.2, 0.25) is 0 Å². The summed E-state index contributed by atoms with van der Waals surface area (Å²) in [4.78, 5) is 0. The minimum absolute atomic E-state index is 0.104. The minimum atomic E-state index is 0.104. The summed E-state index contributed by atoms with van der Waals surface area (Å²) in [6, 6.07) is 2.31. The van der Waals surface area contributed by atoms with Crippen LogP contribution in [0.4, 0.5) is 0 Å². The molecule has 2 heteroatoms. The average molecular weight is 206 g/mol. The van der Waals surface area contributed by atoms with Crippen molar-refractivity contribution in [3.63, 3.8) is 0 Å². The molecule has 1 fully saturated rings. The van der Waals surface area contributed by atoms with E-state index in [1.54, 1.807) is 0 Å². The molecule has 1 heterocycles. The Morgan fingerprint density at radius 3 is 2.27 bits per heavy atom. The van der Waals surface area contributed by atoms with Gasteiger partial charge in [0.25, 0.3) is 0 Å². The predicted octanol–water partition coefficient (Wildman–Crippen LogP) is 3.64.